The molecule has 0 saturated heterocycles. The van der Waals surface area contributed by atoms with Gasteiger partial charge in [-0.1, -0.05) is 12.1 Å². The summed E-state index contributed by atoms with van der Waals surface area (Å²) in [7, 11) is 0. The fraction of sp³-hybridized carbons (Fsp3) is 0.400. The molecule has 1 aliphatic rings. The highest BCUT2D eigenvalue weighted by molar-refractivity contribution is 5.98. The molecule has 5 heteroatoms. The van der Waals surface area contributed by atoms with Gasteiger partial charge in [-0.25, -0.2) is 4.79 Å². The van der Waals surface area contributed by atoms with Crippen LogP contribution in [0.5, 0.6) is 5.75 Å². The van der Waals surface area contributed by atoms with E-state index in [4.69, 9.17) is 4.74 Å². The first-order chi connectivity index (χ1) is 12.0. The van der Waals surface area contributed by atoms with Crippen molar-refractivity contribution in [2.24, 2.45) is 0 Å². The zero-order chi connectivity index (χ0) is 18.0. The number of nitrogens with zero attached hydrogens (tertiary/aromatic N) is 1. The molecule has 25 heavy (non-hydrogen) atoms. The fourth-order valence-corrected chi connectivity index (χ4v) is 3.50. The predicted octanol–water partition coefficient (Wildman–Crippen LogP) is 3.37. The number of aromatic nitrogens is 1. The van der Waals surface area contributed by atoms with Gasteiger partial charge in [-0.15, -0.1) is 0 Å². The quantitative estimate of drug-likeness (QED) is 0.847. The minimum absolute atomic E-state index is 0.0920. The lowest BCUT2D eigenvalue weighted by molar-refractivity contribution is -0.147. The van der Waals surface area contributed by atoms with Gasteiger partial charge in [0.05, 0.1) is 12.3 Å². The number of esters is 1. The third kappa shape index (κ3) is 3.45. The Bertz CT molecular complexity index is 789. The van der Waals surface area contributed by atoms with E-state index in [1.807, 2.05) is 13.1 Å². The lowest BCUT2D eigenvalue weighted by atomic mass is 9.94. The molecule has 0 aliphatic heterocycles. The second-order valence-electron chi connectivity index (χ2n) is 6.46. The Kier molecular flexibility index (Phi) is 4.93. The molecule has 2 aromatic rings. The summed E-state index contributed by atoms with van der Waals surface area (Å²) in [6, 6.07) is 6.17. The van der Waals surface area contributed by atoms with Crippen LogP contribution in [0.25, 0.3) is 0 Å². The number of ketones is 1. The molecule has 1 aromatic carbocycles. The van der Waals surface area contributed by atoms with Gasteiger partial charge in [0.2, 0.25) is 0 Å². The van der Waals surface area contributed by atoms with Gasteiger partial charge in [0, 0.05) is 19.0 Å². The second kappa shape index (κ2) is 7.13. The van der Waals surface area contributed by atoms with Gasteiger partial charge in [0.1, 0.15) is 11.8 Å². The third-order valence-electron chi connectivity index (χ3n) is 4.71. The van der Waals surface area contributed by atoms with Crippen LogP contribution in [-0.4, -0.2) is 28.0 Å². The predicted molar refractivity (Wildman–Crippen MR) is 93.9 cm³/mol. The lowest BCUT2D eigenvalue weighted by Gasteiger charge is -2.22. The van der Waals surface area contributed by atoms with Crippen molar-refractivity contribution in [3.05, 3.63) is 52.8 Å². The number of rotatable bonds is 5. The van der Waals surface area contributed by atoms with E-state index in [2.05, 4.69) is 0 Å². The van der Waals surface area contributed by atoms with Crippen LogP contribution in [0.1, 0.15) is 53.0 Å². The van der Waals surface area contributed by atoms with Gasteiger partial charge in [0.15, 0.2) is 5.78 Å². The number of hydrogen-bond acceptors (Lipinski definition) is 4. The lowest BCUT2D eigenvalue weighted by Crippen LogP contribution is -2.27. The Hall–Kier alpha value is -2.56. The molecule has 132 valence electrons. The maximum absolute atomic E-state index is 12.6. The Morgan fingerprint density at radius 3 is 2.68 bits per heavy atom. The first kappa shape index (κ1) is 17.3. The molecule has 0 radical (unpaired) electrons. The maximum atomic E-state index is 12.6. The number of phenolic OH excluding ortho intramolecular Hbond substituents is 1. The molecule has 0 saturated carbocycles. The van der Waals surface area contributed by atoms with Crippen LogP contribution in [0.3, 0.4) is 0 Å². The summed E-state index contributed by atoms with van der Waals surface area (Å²) in [4.78, 5) is 25.1. The Morgan fingerprint density at radius 2 is 2.00 bits per heavy atom. The van der Waals surface area contributed by atoms with E-state index in [9.17, 15) is 14.7 Å². The number of aromatic hydroxyl groups is 1. The molecular formula is C20H23NO4. The number of hydrogen-bond donors (Lipinski definition) is 1. The number of phenols is 1. The molecule has 0 bridgehead atoms. The van der Waals surface area contributed by atoms with Gasteiger partial charge in [-0.2, -0.15) is 0 Å². The summed E-state index contributed by atoms with van der Waals surface area (Å²) in [6.07, 6.45) is 4.56. The van der Waals surface area contributed by atoms with Gasteiger partial charge in [0.25, 0.3) is 0 Å². The fourth-order valence-electron chi connectivity index (χ4n) is 3.50. The molecule has 5 nitrogen and oxygen atoms in total. The molecule has 1 aliphatic carbocycles. The molecule has 0 spiro atoms. The summed E-state index contributed by atoms with van der Waals surface area (Å²) in [5, 5.41) is 9.46. The van der Waals surface area contributed by atoms with Gasteiger partial charge < -0.3 is 14.4 Å². The minimum Gasteiger partial charge on any atom is -0.508 e. The third-order valence-corrected chi connectivity index (χ3v) is 4.71. The van der Waals surface area contributed by atoms with E-state index >= 15 is 0 Å². The van der Waals surface area contributed by atoms with Crippen molar-refractivity contribution in [2.45, 2.75) is 45.6 Å². The average molecular weight is 341 g/mol. The van der Waals surface area contributed by atoms with Crippen LogP contribution in [0, 0.1) is 6.92 Å². The highest BCUT2D eigenvalue weighted by atomic mass is 16.5. The van der Waals surface area contributed by atoms with E-state index in [1.54, 1.807) is 35.8 Å². The van der Waals surface area contributed by atoms with Crippen molar-refractivity contribution in [3.8, 4) is 5.75 Å². The van der Waals surface area contributed by atoms with E-state index < -0.39 is 6.04 Å². The zero-order valence-corrected chi connectivity index (χ0v) is 14.6. The minimum atomic E-state index is -0.589. The van der Waals surface area contributed by atoms with Gasteiger partial charge >= 0.3 is 5.97 Å². The van der Waals surface area contributed by atoms with E-state index in [0.29, 0.717) is 25.1 Å². The van der Waals surface area contributed by atoms with E-state index in [1.165, 1.54) is 0 Å². The Morgan fingerprint density at radius 1 is 1.28 bits per heavy atom. The summed E-state index contributed by atoms with van der Waals surface area (Å²) in [5.41, 5.74) is 3.65. The number of ether oxygens (including phenoxy) is 1. The van der Waals surface area contributed by atoms with Crippen LogP contribution in [0.15, 0.2) is 30.5 Å². The number of Topliss-reactive ketones (excluding diaryl/α,β-unsaturated/α-hetero) is 1. The first-order valence-electron chi connectivity index (χ1n) is 8.69. The van der Waals surface area contributed by atoms with Crippen LogP contribution in [-0.2, 0) is 22.4 Å². The topological polar surface area (TPSA) is 68.5 Å². The summed E-state index contributed by atoms with van der Waals surface area (Å²) < 4.78 is 7.07. The molecule has 3 rings (SSSR count). The molecule has 0 fully saturated rings. The van der Waals surface area contributed by atoms with Crippen molar-refractivity contribution >= 4 is 11.8 Å². The van der Waals surface area contributed by atoms with Crippen molar-refractivity contribution in [1.29, 1.82) is 0 Å². The average Bonchev–Trinajstić information content (AvgIpc) is 2.92. The molecular weight excluding hydrogens is 318 g/mol. The largest absolute Gasteiger partial charge is 0.508 e. The standard InChI is InChI=1S/C20H23NO4/c1-3-25-20(24)17(11-14-7-9-15(22)10-8-14)21-12-13(2)16-5-4-6-18(23)19(16)21/h7-10,12,17,22H,3-6,11H2,1-2H3/t17-/m0/s1. The maximum Gasteiger partial charge on any atom is 0.329 e. The van der Waals surface area contributed by atoms with Crippen LogP contribution < -0.4 is 0 Å². The van der Waals surface area contributed by atoms with E-state index in [-0.39, 0.29) is 17.5 Å². The van der Waals surface area contributed by atoms with Crippen molar-refractivity contribution < 1.29 is 19.4 Å². The van der Waals surface area contributed by atoms with Gasteiger partial charge in [-0.05, 0) is 55.5 Å². The number of carbonyl (C=O) groups excluding carboxylic acids is 2. The highest BCUT2D eigenvalue weighted by Gasteiger charge is 2.31. The summed E-state index contributed by atoms with van der Waals surface area (Å²) >= 11 is 0. The smallest absolute Gasteiger partial charge is 0.329 e. The van der Waals surface area contributed by atoms with Crippen molar-refractivity contribution in [2.75, 3.05) is 6.61 Å². The van der Waals surface area contributed by atoms with Crippen LogP contribution >= 0.6 is 0 Å². The molecule has 1 heterocycles. The highest BCUT2D eigenvalue weighted by Crippen LogP contribution is 2.30. The molecule has 0 unspecified atom stereocenters. The van der Waals surface area contributed by atoms with Crippen molar-refractivity contribution in [1.82, 2.24) is 4.57 Å². The summed E-state index contributed by atoms with van der Waals surface area (Å²) in [6.45, 7) is 4.05. The second-order valence-corrected chi connectivity index (χ2v) is 6.46. The molecule has 1 N–H and O–H groups in total. The first-order valence-corrected chi connectivity index (χ1v) is 8.69. The van der Waals surface area contributed by atoms with E-state index in [0.717, 1.165) is 29.5 Å². The molecule has 1 aromatic heterocycles. The van der Waals surface area contributed by atoms with Gasteiger partial charge in [-0.3, -0.25) is 4.79 Å². The number of carbonyl (C=O) groups is 2. The Balaban J connectivity index is 2.01. The van der Waals surface area contributed by atoms with Crippen LogP contribution in [0.2, 0.25) is 0 Å². The Labute approximate surface area is 147 Å². The normalized spacial score (nSPS) is 14.9. The number of aryl methyl sites for hydroxylation is 1. The summed E-state index contributed by atoms with van der Waals surface area (Å²) in [5.74, 6) is -0.0677. The SMILES string of the molecule is CCOC(=O)[C@H](Cc1ccc(O)cc1)n1cc(C)c2c1C(=O)CCC2. The molecule has 1 atom stereocenters. The number of benzene rings is 1. The van der Waals surface area contributed by atoms with Crippen LogP contribution in [0.4, 0.5) is 0 Å². The monoisotopic (exact) mass is 341 g/mol. The zero-order valence-electron chi connectivity index (χ0n) is 14.6. The molecule has 0 amide bonds. The number of fused-ring (bicyclic) bond motifs is 1. The van der Waals surface area contributed by atoms with Crippen molar-refractivity contribution in [3.63, 3.8) is 0 Å².